The van der Waals surface area contributed by atoms with Gasteiger partial charge in [0.25, 0.3) is 5.91 Å². The average Bonchev–Trinajstić information content (AvgIpc) is 2.46. The molecule has 0 atom stereocenters. The van der Waals surface area contributed by atoms with E-state index in [4.69, 9.17) is 5.14 Å². The molecular weight excluding hydrogens is 240 g/mol. The summed E-state index contributed by atoms with van der Waals surface area (Å²) in [5, 5.41) is 7.53. The predicted octanol–water partition coefficient (Wildman–Crippen LogP) is -0.000800. The molecule has 0 saturated heterocycles. The molecule has 0 saturated carbocycles. The van der Waals surface area contributed by atoms with Crippen LogP contribution in [0, 0.1) is 0 Å². The van der Waals surface area contributed by atoms with E-state index in [2.05, 4.69) is 5.32 Å². The molecular formula is C8H9ClN2O3S. The van der Waals surface area contributed by atoms with E-state index >= 15 is 0 Å². The Morgan fingerprint density at radius 3 is 2.60 bits per heavy atom. The number of hydrogen-bond acceptors (Lipinski definition) is 3. The molecule has 7 heteroatoms. The van der Waals surface area contributed by atoms with Crippen molar-refractivity contribution in [3.05, 3.63) is 29.3 Å². The summed E-state index contributed by atoms with van der Waals surface area (Å²) in [6.07, 6.45) is 0. The SMILES string of the molecule is Cl.NS(=O)(=O)c1ccc2c(c1)C(=O)NC2. The molecule has 0 unspecified atom stereocenters. The number of benzene rings is 1. The summed E-state index contributed by atoms with van der Waals surface area (Å²) in [7, 11) is -3.73. The largest absolute Gasteiger partial charge is 0.348 e. The Morgan fingerprint density at radius 1 is 1.33 bits per heavy atom. The van der Waals surface area contributed by atoms with Gasteiger partial charge >= 0.3 is 0 Å². The molecule has 0 aliphatic carbocycles. The fourth-order valence-electron chi connectivity index (χ4n) is 1.37. The first-order valence-corrected chi connectivity index (χ1v) is 5.47. The van der Waals surface area contributed by atoms with Crippen LogP contribution in [-0.2, 0) is 16.6 Å². The first-order chi connectivity index (χ1) is 6.48. The fourth-order valence-corrected chi connectivity index (χ4v) is 1.91. The van der Waals surface area contributed by atoms with Crippen LogP contribution >= 0.6 is 12.4 Å². The highest BCUT2D eigenvalue weighted by Crippen LogP contribution is 2.18. The Kier molecular flexibility index (Phi) is 3.03. The molecule has 2 rings (SSSR count). The van der Waals surface area contributed by atoms with Crippen molar-refractivity contribution in [2.75, 3.05) is 0 Å². The van der Waals surface area contributed by atoms with E-state index in [1.54, 1.807) is 6.07 Å². The summed E-state index contributed by atoms with van der Waals surface area (Å²) in [4.78, 5) is 11.2. The van der Waals surface area contributed by atoms with Crippen LogP contribution < -0.4 is 10.5 Å². The maximum Gasteiger partial charge on any atom is 0.251 e. The molecule has 82 valence electrons. The van der Waals surface area contributed by atoms with Crippen molar-refractivity contribution < 1.29 is 13.2 Å². The molecule has 3 N–H and O–H groups in total. The zero-order valence-electron chi connectivity index (χ0n) is 7.56. The minimum atomic E-state index is -3.73. The number of amides is 1. The van der Waals surface area contributed by atoms with Gasteiger partial charge in [0.1, 0.15) is 0 Å². The van der Waals surface area contributed by atoms with Crippen molar-refractivity contribution in [1.29, 1.82) is 0 Å². The number of fused-ring (bicyclic) bond motifs is 1. The highest BCUT2D eigenvalue weighted by Gasteiger charge is 2.20. The normalized spacial score (nSPS) is 14.1. The lowest BCUT2D eigenvalue weighted by Crippen LogP contribution is -2.14. The molecule has 1 aliphatic rings. The van der Waals surface area contributed by atoms with Crippen molar-refractivity contribution in [2.45, 2.75) is 11.4 Å². The number of rotatable bonds is 1. The lowest BCUT2D eigenvalue weighted by molar-refractivity contribution is 0.0965. The van der Waals surface area contributed by atoms with Crippen LogP contribution in [0.25, 0.3) is 0 Å². The second-order valence-electron chi connectivity index (χ2n) is 3.05. The molecule has 1 amide bonds. The minimum Gasteiger partial charge on any atom is -0.348 e. The summed E-state index contributed by atoms with van der Waals surface area (Å²) >= 11 is 0. The van der Waals surface area contributed by atoms with Crippen molar-refractivity contribution in [3.8, 4) is 0 Å². The molecule has 1 aliphatic heterocycles. The summed E-state index contributed by atoms with van der Waals surface area (Å²) in [6, 6.07) is 4.29. The first kappa shape index (κ1) is 12.0. The summed E-state index contributed by atoms with van der Waals surface area (Å²) in [6.45, 7) is 0.444. The summed E-state index contributed by atoms with van der Waals surface area (Å²) in [5.41, 5.74) is 1.18. The third-order valence-electron chi connectivity index (χ3n) is 2.09. The Bertz CT molecular complexity index is 513. The van der Waals surface area contributed by atoms with Crippen molar-refractivity contribution in [1.82, 2.24) is 5.32 Å². The molecule has 1 aromatic rings. The van der Waals surface area contributed by atoms with Crippen LogP contribution in [0.15, 0.2) is 23.1 Å². The Morgan fingerprint density at radius 2 is 2.00 bits per heavy atom. The molecule has 1 aromatic carbocycles. The molecule has 0 fully saturated rings. The van der Waals surface area contributed by atoms with Crippen molar-refractivity contribution in [3.63, 3.8) is 0 Å². The van der Waals surface area contributed by atoms with E-state index in [1.807, 2.05) is 0 Å². The van der Waals surface area contributed by atoms with E-state index in [1.165, 1.54) is 12.1 Å². The van der Waals surface area contributed by atoms with Gasteiger partial charge in [-0.2, -0.15) is 0 Å². The standard InChI is InChI=1S/C8H8N2O3S.ClH/c9-14(12,13)6-2-1-5-4-10-8(11)7(5)3-6;/h1-3H,4H2,(H,10,11)(H2,9,12,13);1H. The molecule has 1 heterocycles. The van der Waals surface area contributed by atoms with Gasteiger partial charge in [0.15, 0.2) is 0 Å². The number of primary sulfonamides is 1. The fraction of sp³-hybridized carbons (Fsp3) is 0.125. The highest BCUT2D eigenvalue weighted by atomic mass is 35.5. The lowest BCUT2D eigenvalue weighted by Gasteiger charge is -1.99. The molecule has 15 heavy (non-hydrogen) atoms. The number of nitrogens with one attached hydrogen (secondary N) is 1. The lowest BCUT2D eigenvalue weighted by atomic mass is 10.1. The van der Waals surface area contributed by atoms with Crippen LogP contribution in [0.3, 0.4) is 0 Å². The topological polar surface area (TPSA) is 89.3 Å². The van der Waals surface area contributed by atoms with E-state index < -0.39 is 10.0 Å². The Hall–Kier alpha value is -1.11. The summed E-state index contributed by atoms with van der Waals surface area (Å²) < 4.78 is 22.0. The van der Waals surface area contributed by atoms with Gasteiger partial charge in [0.05, 0.1) is 4.90 Å². The van der Waals surface area contributed by atoms with Gasteiger partial charge in [-0.05, 0) is 17.7 Å². The second-order valence-corrected chi connectivity index (χ2v) is 4.61. The van der Waals surface area contributed by atoms with Crippen molar-refractivity contribution in [2.24, 2.45) is 5.14 Å². The number of carbonyl (C=O) groups excluding carboxylic acids is 1. The van der Waals surface area contributed by atoms with Gasteiger partial charge in [-0.1, -0.05) is 6.07 Å². The van der Waals surface area contributed by atoms with E-state index in [9.17, 15) is 13.2 Å². The minimum absolute atomic E-state index is 0. The van der Waals surface area contributed by atoms with E-state index in [-0.39, 0.29) is 23.2 Å². The molecule has 0 spiro atoms. The zero-order chi connectivity index (χ0) is 10.3. The number of carbonyl (C=O) groups is 1. The van der Waals surface area contributed by atoms with E-state index in [0.717, 1.165) is 5.56 Å². The van der Waals surface area contributed by atoms with Gasteiger partial charge in [0, 0.05) is 12.1 Å². The van der Waals surface area contributed by atoms with Crippen LogP contribution in [0.5, 0.6) is 0 Å². The van der Waals surface area contributed by atoms with Crippen LogP contribution in [-0.4, -0.2) is 14.3 Å². The van der Waals surface area contributed by atoms with Gasteiger partial charge in [0.2, 0.25) is 10.0 Å². The van der Waals surface area contributed by atoms with Gasteiger partial charge < -0.3 is 5.32 Å². The number of halogens is 1. The number of sulfonamides is 1. The number of hydrogen-bond donors (Lipinski definition) is 2. The molecule has 5 nitrogen and oxygen atoms in total. The monoisotopic (exact) mass is 248 g/mol. The molecule has 0 radical (unpaired) electrons. The third kappa shape index (κ3) is 2.11. The van der Waals surface area contributed by atoms with Crippen LogP contribution in [0.2, 0.25) is 0 Å². The van der Waals surface area contributed by atoms with Crippen molar-refractivity contribution >= 4 is 28.3 Å². The predicted molar refractivity (Wildman–Crippen MR) is 56.2 cm³/mol. The molecule has 0 bridgehead atoms. The summed E-state index contributed by atoms with van der Waals surface area (Å²) in [5.74, 6) is -0.259. The number of nitrogens with two attached hydrogens (primary N) is 1. The maximum atomic E-state index is 11.2. The smallest absolute Gasteiger partial charge is 0.251 e. The average molecular weight is 249 g/mol. The third-order valence-corrected chi connectivity index (χ3v) is 3.00. The van der Waals surface area contributed by atoms with E-state index in [0.29, 0.717) is 12.1 Å². The highest BCUT2D eigenvalue weighted by molar-refractivity contribution is 7.89. The first-order valence-electron chi connectivity index (χ1n) is 3.92. The zero-order valence-corrected chi connectivity index (χ0v) is 9.19. The Labute approximate surface area is 93.1 Å². The Balaban J connectivity index is 0.00000112. The quantitative estimate of drug-likeness (QED) is 0.733. The van der Waals surface area contributed by atoms with Crippen LogP contribution in [0.4, 0.5) is 0 Å². The van der Waals surface area contributed by atoms with Crippen LogP contribution in [0.1, 0.15) is 15.9 Å². The maximum absolute atomic E-state index is 11.2. The van der Waals surface area contributed by atoms with Gasteiger partial charge in [-0.25, -0.2) is 13.6 Å². The molecule has 0 aromatic heterocycles. The second kappa shape index (κ2) is 3.80. The van der Waals surface area contributed by atoms with Gasteiger partial charge in [-0.15, -0.1) is 12.4 Å². The van der Waals surface area contributed by atoms with Gasteiger partial charge in [-0.3, -0.25) is 4.79 Å².